The van der Waals surface area contributed by atoms with E-state index in [-0.39, 0.29) is 29.8 Å². The lowest BCUT2D eigenvalue weighted by molar-refractivity contribution is -0.142. The molecule has 26 heteroatoms. The van der Waals surface area contributed by atoms with Crippen molar-refractivity contribution in [1.29, 1.82) is 0 Å². The van der Waals surface area contributed by atoms with Crippen molar-refractivity contribution in [2.24, 2.45) is 12.2 Å². The van der Waals surface area contributed by atoms with E-state index in [1.54, 1.807) is 4.72 Å². The van der Waals surface area contributed by atoms with Gasteiger partial charge < -0.3 is 14.3 Å². The summed E-state index contributed by atoms with van der Waals surface area (Å²) in [7, 11) is -6.58. The molecule has 294 valence electrons. The number of hydrogen-bond acceptors (Lipinski definition) is 13. The van der Waals surface area contributed by atoms with E-state index in [4.69, 9.17) is 9.57 Å². The van der Waals surface area contributed by atoms with Crippen LogP contribution in [0.4, 0.5) is 45.9 Å². The number of methoxy groups -OCH3 is 1. The summed E-state index contributed by atoms with van der Waals surface area (Å²) in [5, 5.41) is 8.08. The lowest BCUT2D eigenvalue weighted by Gasteiger charge is -2.13. The Bertz CT molecular complexity index is 2060. The van der Waals surface area contributed by atoms with Crippen molar-refractivity contribution in [2.75, 3.05) is 12.4 Å². The van der Waals surface area contributed by atoms with Gasteiger partial charge in [-0.25, -0.2) is 31.0 Å². The first-order valence-corrected chi connectivity index (χ1v) is 17.7. The number of benzene rings is 1. The highest BCUT2D eigenvalue weighted by atomic mass is 32.2. The average Bonchev–Trinajstić information content (AvgIpc) is 3.53. The van der Waals surface area contributed by atoms with E-state index < -0.39 is 96.1 Å². The molecule has 16 nitrogen and oxygen atoms in total. The van der Waals surface area contributed by atoms with E-state index in [1.165, 1.54) is 46.1 Å². The van der Waals surface area contributed by atoms with Gasteiger partial charge in [-0.15, -0.1) is 0 Å². The fraction of sp³-hybridized carbons (Fsp3) is 0.481. The molecule has 2 amide bonds. The minimum atomic E-state index is -5.06. The van der Waals surface area contributed by atoms with Crippen LogP contribution in [0.5, 0.6) is 11.9 Å². The van der Waals surface area contributed by atoms with Crippen LogP contribution in [0.1, 0.15) is 49.3 Å². The van der Waals surface area contributed by atoms with Crippen LogP contribution in [-0.4, -0.2) is 78.1 Å². The molecule has 0 aliphatic carbocycles. The number of sulfone groups is 1. The van der Waals surface area contributed by atoms with Gasteiger partial charge in [0.15, 0.2) is 20.6 Å². The van der Waals surface area contributed by atoms with Gasteiger partial charge in [-0.2, -0.15) is 55.2 Å². The van der Waals surface area contributed by atoms with Gasteiger partial charge in [0.25, 0.3) is 10.0 Å². The van der Waals surface area contributed by atoms with E-state index in [9.17, 15) is 56.8 Å². The monoisotopic (exact) mass is 810 g/mol. The minimum absolute atomic E-state index is 0.0715. The number of nitrogens with one attached hydrogen (secondary N) is 2. The zero-order valence-corrected chi connectivity index (χ0v) is 29.6. The number of urea groups is 1. The highest BCUT2D eigenvalue weighted by Gasteiger charge is 2.43. The Morgan fingerprint density at radius 2 is 1.70 bits per heavy atom. The molecule has 0 fully saturated rings. The molecule has 1 aliphatic rings. The number of ether oxygens (including phenoxy) is 2. The molecule has 0 spiro atoms. The molecule has 1 aliphatic heterocycles. The highest BCUT2D eigenvalue weighted by Crippen LogP contribution is 2.38. The Hall–Kier alpha value is -4.88. The maximum absolute atomic E-state index is 13.1. The molecule has 2 aromatic heterocycles. The lowest BCUT2D eigenvalue weighted by Crippen LogP contribution is -2.35. The first-order valence-electron chi connectivity index (χ1n) is 14.5. The predicted octanol–water partition coefficient (Wildman–Crippen LogP) is 4.66. The second kappa shape index (κ2) is 16.0. The Kier molecular flexibility index (Phi) is 12.8. The van der Waals surface area contributed by atoms with Crippen LogP contribution >= 0.6 is 0 Å². The van der Waals surface area contributed by atoms with Crippen molar-refractivity contribution < 1.29 is 71.1 Å². The summed E-state index contributed by atoms with van der Waals surface area (Å²) in [4.78, 5) is 27.8. The lowest BCUT2D eigenvalue weighted by atomic mass is 10.1. The smallest absolute Gasteiger partial charge is 0.435 e. The van der Waals surface area contributed by atoms with Crippen molar-refractivity contribution in [2.45, 2.75) is 75.2 Å². The van der Waals surface area contributed by atoms with Crippen LogP contribution in [0.2, 0.25) is 0 Å². The third kappa shape index (κ3) is 12.1. The van der Waals surface area contributed by atoms with Crippen LogP contribution in [0.25, 0.3) is 0 Å². The molecular weight excluding hydrogens is 780 g/mol. The van der Waals surface area contributed by atoms with Crippen molar-refractivity contribution in [3.63, 3.8) is 0 Å². The topological polar surface area (TPSA) is 206 Å². The summed E-state index contributed by atoms with van der Waals surface area (Å²) >= 11 is 0. The van der Waals surface area contributed by atoms with E-state index in [0.29, 0.717) is 4.68 Å². The third-order valence-corrected chi connectivity index (χ3v) is 9.56. The zero-order chi connectivity index (χ0) is 40.2. The summed E-state index contributed by atoms with van der Waals surface area (Å²) in [6.07, 6.45) is -11.4. The Balaban J connectivity index is 0.000000287. The number of nitrogens with zero attached hydrogens (tertiary/aromatic N) is 6. The number of aromatic nitrogens is 5. The van der Waals surface area contributed by atoms with Gasteiger partial charge in [0.05, 0.1) is 23.3 Å². The van der Waals surface area contributed by atoms with Gasteiger partial charge in [-0.3, -0.25) is 5.32 Å². The van der Waals surface area contributed by atoms with Crippen LogP contribution in [0.3, 0.4) is 0 Å². The fourth-order valence-electron chi connectivity index (χ4n) is 4.34. The number of aryl methyl sites for hydroxylation is 3. The number of hydrogen-bond donors (Lipinski definition) is 2. The number of anilines is 1. The molecule has 0 saturated carbocycles. The maximum atomic E-state index is 13.1. The highest BCUT2D eigenvalue weighted by molar-refractivity contribution is 8.05. The summed E-state index contributed by atoms with van der Waals surface area (Å²) < 4.78 is 162. The van der Waals surface area contributed by atoms with Crippen LogP contribution in [0, 0.1) is 6.92 Å². The van der Waals surface area contributed by atoms with Gasteiger partial charge >= 0.3 is 31.0 Å². The van der Waals surface area contributed by atoms with Crippen LogP contribution in [-0.2, 0) is 50.1 Å². The van der Waals surface area contributed by atoms with Crippen molar-refractivity contribution >= 4 is 36.9 Å². The fourth-order valence-corrected chi connectivity index (χ4v) is 7.05. The molecule has 53 heavy (non-hydrogen) atoms. The molecule has 3 aromatic rings. The number of halogens is 8. The molecule has 0 bridgehead atoms. The molecule has 0 saturated heterocycles. The Morgan fingerprint density at radius 1 is 1.06 bits per heavy atom. The first-order chi connectivity index (χ1) is 24.2. The van der Waals surface area contributed by atoms with Crippen molar-refractivity contribution in [3.05, 3.63) is 46.9 Å². The zero-order valence-electron chi connectivity index (χ0n) is 28.0. The van der Waals surface area contributed by atoms with Crippen LogP contribution < -0.4 is 19.5 Å². The number of carbonyl (C=O) groups excluding carboxylic acids is 1. The Morgan fingerprint density at radius 3 is 2.25 bits per heavy atom. The molecule has 0 radical (unpaired) electrons. The largest absolute Gasteiger partial charge is 0.467 e. The molecule has 0 atom stereocenters. The van der Waals surface area contributed by atoms with Gasteiger partial charge in [-0.05, 0) is 38.8 Å². The van der Waals surface area contributed by atoms with Gasteiger partial charge in [0, 0.05) is 19.9 Å². The molecular formula is C27H30F8N8O8S2. The summed E-state index contributed by atoms with van der Waals surface area (Å²) in [6.45, 7) is 1.12. The van der Waals surface area contributed by atoms with Crippen molar-refractivity contribution in [1.82, 2.24) is 29.5 Å². The normalized spacial score (nSPS) is 14.5. The number of amides is 2. The summed E-state index contributed by atoms with van der Waals surface area (Å²) in [6, 6.07) is 3.81. The van der Waals surface area contributed by atoms with Crippen molar-refractivity contribution in [3.8, 4) is 11.9 Å². The minimum Gasteiger partial charge on any atom is -0.467 e. The molecule has 0 unspecified atom stereocenters. The summed E-state index contributed by atoms with van der Waals surface area (Å²) in [5.74, 6) is -2.29. The number of rotatable bonds is 10. The number of carbonyl (C=O) groups is 1. The number of oxime groups is 1. The third-order valence-electron chi connectivity index (χ3n) is 6.52. The second-order valence-electron chi connectivity index (χ2n) is 11.4. The molecule has 4 rings (SSSR count). The van der Waals surface area contributed by atoms with Gasteiger partial charge in [-0.1, -0.05) is 23.4 Å². The van der Waals surface area contributed by atoms with Gasteiger partial charge in [0.2, 0.25) is 11.8 Å². The second-order valence-corrected chi connectivity index (χ2v) is 15.0. The maximum Gasteiger partial charge on any atom is 0.435 e. The number of sulfonamides is 1. The predicted molar refractivity (Wildman–Crippen MR) is 166 cm³/mol. The standard InChI is InChI=1S/C15H16F3N5O4S.C12H14F5N3O4S/c1-9-19-12(22-14(20-9)27-2)21-13(24)23-28(25,26)11-6-4-3-5-10(11)7-8-15(16,17)18;1-11(2)4-7(19-24-11)25(21,22)5-6-8(12(15,16)17)18-20(3)9(6)23-10(13)14/h3-6H,7-8H2,1-2H3,(H2,19,20,21,22,23,24);10H,4-5H2,1-3H3. The SMILES string of the molecule is COc1nc(C)nc(NC(=O)NS(=O)(=O)c2ccccc2CCC(F)(F)F)n1.Cn1nc(C(F)(F)F)c(CS(=O)(=O)C2=NOC(C)(C)C2)c1OC(F)F. The Labute approximate surface area is 295 Å². The average molecular weight is 811 g/mol. The van der Waals surface area contributed by atoms with Crippen LogP contribution in [0.15, 0.2) is 34.3 Å². The molecule has 2 N–H and O–H groups in total. The molecule has 3 heterocycles. The van der Waals surface area contributed by atoms with E-state index in [1.807, 2.05) is 0 Å². The summed E-state index contributed by atoms with van der Waals surface area (Å²) in [5.41, 5.74) is -3.64. The molecule has 1 aromatic carbocycles. The van der Waals surface area contributed by atoms with E-state index in [2.05, 4.69) is 35.3 Å². The quantitative estimate of drug-likeness (QED) is 0.268. The van der Waals surface area contributed by atoms with E-state index in [0.717, 1.165) is 13.1 Å². The number of alkyl halides is 8. The van der Waals surface area contributed by atoms with E-state index >= 15 is 0 Å². The first kappa shape index (κ1) is 42.5. The van der Waals surface area contributed by atoms with Gasteiger partial charge in [0.1, 0.15) is 11.4 Å².